The van der Waals surface area contributed by atoms with Gasteiger partial charge in [-0.1, -0.05) is 39.5 Å². The van der Waals surface area contributed by atoms with Crippen molar-refractivity contribution in [1.29, 1.82) is 0 Å². The van der Waals surface area contributed by atoms with Gasteiger partial charge in [-0.3, -0.25) is 0 Å². The van der Waals surface area contributed by atoms with Gasteiger partial charge in [0, 0.05) is 13.1 Å². The molecule has 1 aliphatic rings. The molecule has 2 heteroatoms. The van der Waals surface area contributed by atoms with Gasteiger partial charge in [0.2, 0.25) is 0 Å². The molecule has 0 heterocycles. The van der Waals surface area contributed by atoms with Gasteiger partial charge in [-0.2, -0.15) is 0 Å². The zero-order chi connectivity index (χ0) is 12.0. The summed E-state index contributed by atoms with van der Waals surface area (Å²) in [7, 11) is 2.15. The van der Waals surface area contributed by atoms with E-state index in [1.807, 2.05) is 0 Å². The van der Waals surface area contributed by atoms with Crippen LogP contribution in [0.5, 0.6) is 0 Å². The molecule has 2 unspecified atom stereocenters. The molecule has 1 fully saturated rings. The summed E-state index contributed by atoms with van der Waals surface area (Å²) in [6, 6.07) is 0. The first-order valence-electron chi connectivity index (χ1n) is 7.00. The van der Waals surface area contributed by atoms with Gasteiger partial charge in [0.25, 0.3) is 0 Å². The molecule has 2 atom stereocenters. The molecule has 16 heavy (non-hydrogen) atoms. The second-order valence-electron chi connectivity index (χ2n) is 5.68. The third-order valence-electron chi connectivity index (χ3n) is 4.09. The van der Waals surface area contributed by atoms with Gasteiger partial charge in [-0.15, -0.1) is 0 Å². The quantitative estimate of drug-likeness (QED) is 0.754. The predicted octanol–water partition coefficient (Wildman–Crippen LogP) is 2.91. The maximum absolute atomic E-state index is 9.98. The summed E-state index contributed by atoms with van der Waals surface area (Å²) >= 11 is 0. The molecule has 0 saturated heterocycles. The average Bonchev–Trinajstić information content (AvgIpc) is 2.29. The van der Waals surface area contributed by atoms with Crippen LogP contribution in [-0.4, -0.2) is 36.2 Å². The van der Waals surface area contributed by atoms with Crippen molar-refractivity contribution in [1.82, 2.24) is 4.90 Å². The van der Waals surface area contributed by atoms with Crippen LogP contribution in [0, 0.1) is 11.8 Å². The van der Waals surface area contributed by atoms with Crippen LogP contribution in [0.3, 0.4) is 0 Å². The Kier molecular flexibility index (Phi) is 6.37. The van der Waals surface area contributed by atoms with Crippen molar-refractivity contribution >= 4 is 0 Å². The maximum atomic E-state index is 9.98. The van der Waals surface area contributed by atoms with E-state index in [9.17, 15) is 5.11 Å². The van der Waals surface area contributed by atoms with Crippen LogP contribution in [0.4, 0.5) is 0 Å². The van der Waals surface area contributed by atoms with Crippen molar-refractivity contribution in [3.63, 3.8) is 0 Å². The van der Waals surface area contributed by atoms with E-state index in [-0.39, 0.29) is 6.10 Å². The largest absolute Gasteiger partial charge is 0.392 e. The van der Waals surface area contributed by atoms with E-state index in [2.05, 4.69) is 25.8 Å². The van der Waals surface area contributed by atoms with Crippen LogP contribution >= 0.6 is 0 Å². The van der Waals surface area contributed by atoms with Gasteiger partial charge >= 0.3 is 0 Å². The third-order valence-corrected chi connectivity index (χ3v) is 4.09. The van der Waals surface area contributed by atoms with Crippen molar-refractivity contribution in [3.8, 4) is 0 Å². The second kappa shape index (κ2) is 7.29. The highest BCUT2D eigenvalue weighted by Crippen LogP contribution is 2.24. The van der Waals surface area contributed by atoms with Gasteiger partial charge in [0.05, 0.1) is 6.10 Å². The molecule has 1 rings (SSSR count). The molecule has 0 radical (unpaired) electrons. The second-order valence-corrected chi connectivity index (χ2v) is 5.68. The smallest absolute Gasteiger partial charge is 0.0692 e. The number of rotatable bonds is 6. The molecular weight excluding hydrogens is 198 g/mol. The fourth-order valence-electron chi connectivity index (χ4n) is 2.66. The highest BCUT2D eigenvalue weighted by molar-refractivity contribution is 4.72. The van der Waals surface area contributed by atoms with Crippen molar-refractivity contribution in [2.45, 2.75) is 58.5 Å². The Labute approximate surface area is 101 Å². The summed E-state index contributed by atoms with van der Waals surface area (Å²) in [6.07, 6.45) is 7.94. The molecule has 0 bridgehead atoms. The van der Waals surface area contributed by atoms with E-state index in [0.717, 1.165) is 18.9 Å². The molecule has 0 aliphatic heterocycles. The SMILES string of the molecule is CCC(C)C(O)CN(C)CC1CCCCC1. The highest BCUT2D eigenvalue weighted by atomic mass is 16.3. The fraction of sp³-hybridized carbons (Fsp3) is 1.00. The molecule has 1 saturated carbocycles. The number of aliphatic hydroxyl groups is 1. The minimum atomic E-state index is -0.154. The van der Waals surface area contributed by atoms with Gasteiger partial charge in [0.1, 0.15) is 0 Å². The standard InChI is InChI=1S/C14H29NO/c1-4-12(2)14(16)11-15(3)10-13-8-6-5-7-9-13/h12-14,16H,4-11H2,1-3H3. The summed E-state index contributed by atoms with van der Waals surface area (Å²) < 4.78 is 0. The zero-order valence-corrected chi connectivity index (χ0v) is 11.3. The van der Waals surface area contributed by atoms with Crippen LogP contribution in [0.15, 0.2) is 0 Å². The molecule has 0 spiro atoms. The van der Waals surface area contributed by atoms with E-state index in [0.29, 0.717) is 5.92 Å². The normalized spacial score (nSPS) is 22.3. The number of hydrogen-bond acceptors (Lipinski definition) is 2. The summed E-state index contributed by atoms with van der Waals surface area (Å²) in [6.45, 7) is 6.30. The van der Waals surface area contributed by atoms with Crippen LogP contribution in [0.2, 0.25) is 0 Å². The van der Waals surface area contributed by atoms with Crippen LogP contribution in [-0.2, 0) is 0 Å². The molecular formula is C14H29NO. The Morgan fingerprint density at radius 1 is 1.25 bits per heavy atom. The minimum Gasteiger partial charge on any atom is -0.392 e. The summed E-state index contributed by atoms with van der Waals surface area (Å²) in [5.41, 5.74) is 0. The number of hydrogen-bond donors (Lipinski definition) is 1. The lowest BCUT2D eigenvalue weighted by molar-refractivity contribution is 0.0699. The summed E-state index contributed by atoms with van der Waals surface area (Å²) in [5, 5.41) is 9.98. The Bertz CT molecular complexity index is 174. The summed E-state index contributed by atoms with van der Waals surface area (Å²) in [4.78, 5) is 2.33. The highest BCUT2D eigenvalue weighted by Gasteiger charge is 2.18. The molecule has 2 nitrogen and oxygen atoms in total. The molecule has 96 valence electrons. The Morgan fingerprint density at radius 2 is 1.88 bits per heavy atom. The number of aliphatic hydroxyl groups excluding tert-OH is 1. The van der Waals surface area contributed by atoms with Crippen molar-refractivity contribution in [2.24, 2.45) is 11.8 Å². The lowest BCUT2D eigenvalue weighted by Crippen LogP contribution is -2.36. The van der Waals surface area contributed by atoms with Gasteiger partial charge < -0.3 is 10.0 Å². The van der Waals surface area contributed by atoms with Gasteiger partial charge in [0.15, 0.2) is 0 Å². The van der Waals surface area contributed by atoms with Crippen molar-refractivity contribution in [3.05, 3.63) is 0 Å². The first kappa shape index (κ1) is 14.0. The fourth-order valence-corrected chi connectivity index (χ4v) is 2.66. The number of likely N-dealkylation sites (N-methyl/N-ethyl adjacent to an activating group) is 1. The van der Waals surface area contributed by atoms with E-state index >= 15 is 0 Å². The molecule has 0 aromatic carbocycles. The average molecular weight is 227 g/mol. The Hall–Kier alpha value is -0.0800. The minimum absolute atomic E-state index is 0.154. The van der Waals surface area contributed by atoms with E-state index in [1.165, 1.54) is 38.6 Å². The van der Waals surface area contributed by atoms with E-state index in [1.54, 1.807) is 0 Å². The molecule has 1 N–H and O–H groups in total. The maximum Gasteiger partial charge on any atom is 0.0692 e. The molecule has 0 aromatic heterocycles. The van der Waals surface area contributed by atoms with Crippen LogP contribution in [0.25, 0.3) is 0 Å². The Balaban J connectivity index is 2.20. The third kappa shape index (κ3) is 4.84. The first-order valence-corrected chi connectivity index (χ1v) is 7.00. The van der Waals surface area contributed by atoms with Crippen molar-refractivity contribution < 1.29 is 5.11 Å². The Morgan fingerprint density at radius 3 is 2.44 bits per heavy atom. The monoisotopic (exact) mass is 227 g/mol. The van der Waals surface area contributed by atoms with Gasteiger partial charge in [-0.25, -0.2) is 0 Å². The van der Waals surface area contributed by atoms with E-state index < -0.39 is 0 Å². The van der Waals surface area contributed by atoms with Gasteiger partial charge in [-0.05, 0) is 31.7 Å². The number of nitrogens with zero attached hydrogens (tertiary/aromatic N) is 1. The lowest BCUT2D eigenvalue weighted by Gasteiger charge is -2.29. The molecule has 1 aliphatic carbocycles. The first-order chi connectivity index (χ1) is 7.63. The van der Waals surface area contributed by atoms with Crippen LogP contribution < -0.4 is 0 Å². The molecule has 0 aromatic rings. The van der Waals surface area contributed by atoms with Crippen LogP contribution in [0.1, 0.15) is 52.4 Å². The van der Waals surface area contributed by atoms with Crippen molar-refractivity contribution in [2.75, 3.05) is 20.1 Å². The zero-order valence-electron chi connectivity index (χ0n) is 11.3. The lowest BCUT2D eigenvalue weighted by atomic mass is 9.89. The van der Waals surface area contributed by atoms with E-state index in [4.69, 9.17) is 0 Å². The summed E-state index contributed by atoms with van der Waals surface area (Å²) in [5.74, 6) is 1.30. The predicted molar refractivity (Wildman–Crippen MR) is 69.5 cm³/mol. The topological polar surface area (TPSA) is 23.5 Å². The molecule has 0 amide bonds.